The van der Waals surface area contributed by atoms with E-state index < -0.39 is 0 Å². The molecule has 1 amide bonds. The monoisotopic (exact) mass is 366 g/mol. The molecule has 0 spiro atoms. The van der Waals surface area contributed by atoms with Crippen molar-refractivity contribution in [1.29, 1.82) is 0 Å². The summed E-state index contributed by atoms with van der Waals surface area (Å²) in [5, 5.41) is 4.13. The Morgan fingerprint density at radius 3 is 2.81 bits per heavy atom. The van der Waals surface area contributed by atoms with Crippen LogP contribution in [-0.4, -0.2) is 57.8 Å². The van der Waals surface area contributed by atoms with Crippen LogP contribution in [0.5, 0.6) is 0 Å². The zero-order valence-electron chi connectivity index (χ0n) is 15.5. The fraction of sp³-hybridized carbons (Fsp3) is 0.368. The van der Waals surface area contributed by atoms with Crippen LogP contribution in [0.2, 0.25) is 0 Å². The van der Waals surface area contributed by atoms with Crippen LogP contribution >= 0.6 is 0 Å². The Morgan fingerprint density at radius 2 is 2.07 bits per heavy atom. The van der Waals surface area contributed by atoms with Gasteiger partial charge in [-0.2, -0.15) is 5.10 Å². The van der Waals surface area contributed by atoms with Crippen molar-refractivity contribution in [2.75, 3.05) is 26.3 Å². The van der Waals surface area contributed by atoms with E-state index >= 15 is 0 Å². The highest BCUT2D eigenvalue weighted by molar-refractivity contribution is 6.32. The van der Waals surface area contributed by atoms with Gasteiger partial charge in [-0.05, 0) is 31.1 Å². The lowest BCUT2D eigenvalue weighted by Crippen LogP contribution is -2.35. The normalized spacial score (nSPS) is 19.4. The van der Waals surface area contributed by atoms with Gasteiger partial charge in [0.2, 0.25) is 0 Å². The Kier molecular flexibility index (Phi) is 4.83. The van der Waals surface area contributed by atoms with Crippen molar-refractivity contribution < 1.29 is 9.53 Å². The van der Waals surface area contributed by atoms with E-state index in [9.17, 15) is 4.79 Å². The maximum Gasteiger partial charge on any atom is 0.273 e. The molecule has 0 atom stereocenters. The number of nitrogens with one attached hydrogen (secondary N) is 2. The molecule has 0 radical (unpaired) electrons. The number of carbonyl (C=O) groups excluding carboxylic acids is 1. The fourth-order valence-electron chi connectivity index (χ4n) is 3.41. The summed E-state index contributed by atoms with van der Waals surface area (Å²) in [6.07, 6.45) is 6.63. The molecule has 27 heavy (non-hydrogen) atoms. The summed E-state index contributed by atoms with van der Waals surface area (Å²) >= 11 is 0. The van der Waals surface area contributed by atoms with Crippen molar-refractivity contribution in [2.24, 2.45) is 5.10 Å². The molecule has 2 aromatic heterocycles. The molecule has 140 valence electrons. The minimum absolute atomic E-state index is 0.239. The molecule has 0 bridgehead atoms. The van der Waals surface area contributed by atoms with Crippen LogP contribution < -0.4 is 5.43 Å². The molecular formula is C19H22N6O2. The molecule has 1 saturated heterocycles. The van der Waals surface area contributed by atoms with E-state index in [1.165, 1.54) is 5.56 Å². The third-order valence-electron chi connectivity index (χ3n) is 4.98. The highest BCUT2D eigenvalue weighted by atomic mass is 16.5. The molecule has 2 aromatic rings. The molecule has 2 aliphatic rings. The van der Waals surface area contributed by atoms with Gasteiger partial charge in [-0.1, -0.05) is 0 Å². The van der Waals surface area contributed by atoms with Crippen LogP contribution in [0.4, 0.5) is 0 Å². The Hall–Kier alpha value is -2.84. The zero-order valence-corrected chi connectivity index (χ0v) is 15.5. The summed E-state index contributed by atoms with van der Waals surface area (Å²) in [6, 6.07) is 0. The van der Waals surface area contributed by atoms with Gasteiger partial charge in [-0.25, -0.2) is 5.43 Å². The molecule has 2 N–H and O–H groups in total. The Morgan fingerprint density at radius 1 is 1.26 bits per heavy atom. The number of morpholine rings is 1. The molecule has 4 heterocycles. The van der Waals surface area contributed by atoms with Crippen molar-refractivity contribution in [1.82, 2.24) is 25.3 Å². The summed E-state index contributed by atoms with van der Waals surface area (Å²) in [6.45, 7) is 8.45. The van der Waals surface area contributed by atoms with Gasteiger partial charge in [-0.15, -0.1) is 0 Å². The van der Waals surface area contributed by atoms with Gasteiger partial charge in [0, 0.05) is 43.4 Å². The first-order valence-corrected chi connectivity index (χ1v) is 8.98. The van der Waals surface area contributed by atoms with Gasteiger partial charge in [-0.3, -0.25) is 19.7 Å². The fourth-order valence-corrected chi connectivity index (χ4v) is 3.41. The maximum absolute atomic E-state index is 12.3. The number of carbonyl (C=O) groups is 1. The van der Waals surface area contributed by atoms with Gasteiger partial charge >= 0.3 is 0 Å². The molecular weight excluding hydrogens is 344 g/mol. The van der Waals surface area contributed by atoms with E-state index in [4.69, 9.17) is 4.74 Å². The summed E-state index contributed by atoms with van der Waals surface area (Å²) in [7, 11) is 0. The Labute approximate surface area is 157 Å². The highest BCUT2D eigenvalue weighted by Gasteiger charge is 2.26. The second kappa shape index (κ2) is 7.42. The highest BCUT2D eigenvalue weighted by Crippen LogP contribution is 2.24. The second-order valence-corrected chi connectivity index (χ2v) is 6.71. The van der Waals surface area contributed by atoms with E-state index in [0.717, 1.165) is 49.8 Å². The average molecular weight is 366 g/mol. The zero-order chi connectivity index (χ0) is 18.8. The molecule has 0 unspecified atom stereocenters. The molecule has 1 fully saturated rings. The molecule has 0 saturated carbocycles. The summed E-state index contributed by atoms with van der Waals surface area (Å²) in [4.78, 5) is 26.4. The van der Waals surface area contributed by atoms with Crippen molar-refractivity contribution in [3.63, 3.8) is 0 Å². The van der Waals surface area contributed by atoms with Crippen molar-refractivity contribution in [3.8, 4) is 0 Å². The Bertz CT molecular complexity index is 910. The van der Waals surface area contributed by atoms with Gasteiger partial charge < -0.3 is 9.72 Å². The largest absolute Gasteiger partial charge is 0.379 e. The third kappa shape index (κ3) is 3.54. The smallest absolute Gasteiger partial charge is 0.273 e. The number of nitrogens with zero attached hydrogens (tertiary/aromatic N) is 4. The lowest BCUT2D eigenvalue weighted by molar-refractivity contribution is -0.116. The van der Waals surface area contributed by atoms with Crippen LogP contribution in [-0.2, 0) is 16.1 Å². The molecule has 2 aliphatic heterocycles. The standard InChI is InChI=1S/C19H22N6O2/c1-12-15(11-25-5-7-27-8-6-25)13(2)22-16(12)9-14-18(23-24-19(14)26)17-10-20-3-4-21-17/h3-4,9-10,22H,5-8,11H2,1-2H3,(H,24,26). The summed E-state index contributed by atoms with van der Waals surface area (Å²) < 4.78 is 5.43. The van der Waals surface area contributed by atoms with Gasteiger partial charge in [0.25, 0.3) is 5.91 Å². The van der Waals surface area contributed by atoms with Gasteiger partial charge in [0.1, 0.15) is 11.4 Å². The van der Waals surface area contributed by atoms with Crippen molar-refractivity contribution >= 4 is 17.7 Å². The number of rotatable bonds is 4. The van der Waals surface area contributed by atoms with Gasteiger partial charge in [0.05, 0.1) is 25.0 Å². The first-order chi connectivity index (χ1) is 13.1. The topological polar surface area (TPSA) is 95.5 Å². The quantitative estimate of drug-likeness (QED) is 0.792. The van der Waals surface area contributed by atoms with Crippen LogP contribution in [0, 0.1) is 13.8 Å². The number of H-pyrrole nitrogens is 1. The average Bonchev–Trinajstić information content (AvgIpc) is 3.18. The van der Waals surface area contributed by atoms with Crippen LogP contribution in [0.1, 0.15) is 28.2 Å². The number of aromatic amines is 1. The molecule has 0 aromatic carbocycles. The van der Waals surface area contributed by atoms with E-state index in [-0.39, 0.29) is 5.91 Å². The first-order valence-electron chi connectivity index (χ1n) is 8.98. The number of hydrazone groups is 1. The minimum atomic E-state index is -0.239. The number of hydrogen-bond acceptors (Lipinski definition) is 6. The van der Waals surface area contributed by atoms with Crippen LogP contribution in [0.15, 0.2) is 29.3 Å². The lowest BCUT2D eigenvalue weighted by atomic mass is 10.0. The SMILES string of the molecule is Cc1[nH]c(C=C2C(=O)NN=C2c2cnccn2)c(C)c1CN1CCOCC1. The number of aromatic nitrogens is 3. The van der Waals surface area contributed by atoms with Crippen LogP contribution in [0.25, 0.3) is 6.08 Å². The second-order valence-electron chi connectivity index (χ2n) is 6.71. The molecule has 8 nitrogen and oxygen atoms in total. The molecule has 8 heteroatoms. The predicted octanol–water partition coefficient (Wildman–Crippen LogP) is 1.17. The van der Waals surface area contributed by atoms with Crippen molar-refractivity contribution in [3.05, 3.63) is 52.4 Å². The predicted molar refractivity (Wildman–Crippen MR) is 101 cm³/mol. The van der Waals surface area contributed by atoms with E-state index in [1.807, 2.05) is 6.08 Å². The summed E-state index contributed by atoms with van der Waals surface area (Å²) in [5.41, 5.74) is 8.52. The van der Waals surface area contributed by atoms with Crippen LogP contribution in [0.3, 0.4) is 0 Å². The molecule has 4 rings (SSSR count). The maximum atomic E-state index is 12.3. The number of hydrogen-bond donors (Lipinski definition) is 2. The number of ether oxygens (including phenoxy) is 1. The van der Waals surface area contributed by atoms with Gasteiger partial charge in [0.15, 0.2) is 0 Å². The first kappa shape index (κ1) is 17.6. The summed E-state index contributed by atoms with van der Waals surface area (Å²) in [5.74, 6) is -0.239. The number of amides is 1. The molecule has 0 aliphatic carbocycles. The Balaban J connectivity index is 1.64. The van der Waals surface area contributed by atoms with E-state index in [2.05, 4.69) is 44.2 Å². The van der Waals surface area contributed by atoms with Crippen molar-refractivity contribution in [2.45, 2.75) is 20.4 Å². The number of aryl methyl sites for hydroxylation is 1. The van der Waals surface area contributed by atoms with E-state index in [1.54, 1.807) is 18.6 Å². The van der Waals surface area contributed by atoms with E-state index in [0.29, 0.717) is 17.0 Å². The minimum Gasteiger partial charge on any atom is -0.379 e. The third-order valence-corrected chi connectivity index (χ3v) is 4.98. The lowest BCUT2D eigenvalue weighted by Gasteiger charge is -2.26.